The zero-order valence-electron chi connectivity index (χ0n) is 19.1. The summed E-state index contributed by atoms with van der Waals surface area (Å²) in [4.78, 5) is 28.5. The number of benzene rings is 2. The van der Waals surface area contributed by atoms with Gasteiger partial charge in [-0.25, -0.2) is 4.90 Å². The van der Waals surface area contributed by atoms with E-state index in [4.69, 9.17) is 10.5 Å². The van der Waals surface area contributed by atoms with Crippen molar-refractivity contribution in [3.63, 3.8) is 0 Å². The number of carbonyl (C=O) groups excluding carboxylic acids is 2. The number of ether oxygens (including phenoxy) is 1. The van der Waals surface area contributed by atoms with Crippen molar-refractivity contribution in [2.75, 3.05) is 31.0 Å². The summed E-state index contributed by atoms with van der Waals surface area (Å²) in [6.45, 7) is 1.81. The highest BCUT2D eigenvalue weighted by Gasteiger charge is 2.41. The van der Waals surface area contributed by atoms with Crippen LogP contribution in [0.4, 0.5) is 11.4 Å². The average Bonchev–Trinajstić information content (AvgIpc) is 3.08. The van der Waals surface area contributed by atoms with Crippen molar-refractivity contribution >= 4 is 51.9 Å². The SMILES string of the molecule is COc1ccccc1N1C(=O)CC(SC(N)=NN=C(C)C=Cc2ccc(N(C)C)cc2)C1=O. The summed E-state index contributed by atoms with van der Waals surface area (Å²) in [6, 6.07) is 15.0. The lowest BCUT2D eigenvalue weighted by Crippen LogP contribution is -2.32. The number of carbonyl (C=O) groups is 2. The molecular formula is C24H27N5O3S. The molecule has 0 spiro atoms. The number of methoxy groups -OCH3 is 1. The number of amides is 2. The Morgan fingerprint density at radius 1 is 1.15 bits per heavy atom. The van der Waals surface area contributed by atoms with Crippen molar-refractivity contribution in [1.82, 2.24) is 0 Å². The molecule has 0 saturated carbocycles. The van der Waals surface area contributed by atoms with Crippen LogP contribution in [0.1, 0.15) is 18.9 Å². The first-order valence-electron chi connectivity index (χ1n) is 10.3. The van der Waals surface area contributed by atoms with Crippen LogP contribution in [0.3, 0.4) is 0 Å². The molecule has 172 valence electrons. The maximum absolute atomic E-state index is 12.9. The van der Waals surface area contributed by atoms with E-state index in [1.54, 1.807) is 31.2 Å². The minimum Gasteiger partial charge on any atom is -0.495 e. The number of para-hydroxylation sites is 2. The number of rotatable bonds is 7. The first kappa shape index (κ1) is 24.1. The van der Waals surface area contributed by atoms with E-state index in [0.717, 1.165) is 27.9 Å². The Morgan fingerprint density at radius 2 is 1.85 bits per heavy atom. The van der Waals surface area contributed by atoms with E-state index in [1.165, 1.54) is 7.11 Å². The van der Waals surface area contributed by atoms with Crippen LogP contribution in [-0.2, 0) is 9.59 Å². The normalized spacial score (nSPS) is 17.2. The average molecular weight is 466 g/mol. The van der Waals surface area contributed by atoms with Crippen LogP contribution in [0, 0.1) is 0 Å². The van der Waals surface area contributed by atoms with E-state index in [2.05, 4.69) is 10.2 Å². The van der Waals surface area contributed by atoms with E-state index < -0.39 is 5.25 Å². The van der Waals surface area contributed by atoms with E-state index in [9.17, 15) is 9.59 Å². The number of allylic oxidation sites excluding steroid dienone is 1. The first-order chi connectivity index (χ1) is 15.8. The van der Waals surface area contributed by atoms with Gasteiger partial charge in [-0.05, 0) is 42.8 Å². The highest BCUT2D eigenvalue weighted by molar-refractivity contribution is 8.14. The molecule has 0 aliphatic carbocycles. The van der Waals surface area contributed by atoms with Gasteiger partial charge in [0.15, 0.2) is 5.17 Å². The fourth-order valence-corrected chi connectivity index (χ4v) is 4.01. The number of hydrogen-bond donors (Lipinski definition) is 1. The predicted octanol–water partition coefficient (Wildman–Crippen LogP) is 3.53. The lowest BCUT2D eigenvalue weighted by Gasteiger charge is -2.17. The summed E-state index contributed by atoms with van der Waals surface area (Å²) in [5.41, 5.74) is 9.20. The van der Waals surface area contributed by atoms with Crippen molar-refractivity contribution in [2.45, 2.75) is 18.6 Å². The number of nitrogens with zero attached hydrogens (tertiary/aromatic N) is 4. The highest BCUT2D eigenvalue weighted by atomic mass is 32.2. The molecule has 33 heavy (non-hydrogen) atoms. The molecule has 1 saturated heterocycles. The number of imide groups is 1. The molecule has 1 atom stereocenters. The van der Waals surface area contributed by atoms with Gasteiger partial charge in [0.1, 0.15) is 11.0 Å². The smallest absolute Gasteiger partial charge is 0.248 e. The second kappa shape index (κ2) is 10.8. The zero-order valence-corrected chi connectivity index (χ0v) is 19.9. The van der Waals surface area contributed by atoms with Crippen LogP contribution in [0.25, 0.3) is 6.08 Å². The van der Waals surface area contributed by atoms with Gasteiger partial charge < -0.3 is 15.4 Å². The third kappa shape index (κ3) is 6.01. The molecule has 1 heterocycles. The molecule has 2 N–H and O–H groups in total. The molecule has 1 fully saturated rings. The predicted molar refractivity (Wildman–Crippen MR) is 136 cm³/mol. The molecule has 0 aromatic heterocycles. The highest BCUT2D eigenvalue weighted by Crippen LogP contribution is 2.35. The van der Waals surface area contributed by atoms with Gasteiger partial charge in [-0.2, -0.15) is 5.10 Å². The Kier molecular flexibility index (Phi) is 7.89. The number of thioether (sulfide) groups is 1. The minimum absolute atomic E-state index is 0.0311. The molecular weight excluding hydrogens is 438 g/mol. The lowest BCUT2D eigenvalue weighted by molar-refractivity contribution is -0.121. The van der Waals surface area contributed by atoms with Gasteiger partial charge in [-0.3, -0.25) is 9.59 Å². The van der Waals surface area contributed by atoms with Gasteiger partial charge in [-0.15, -0.1) is 5.10 Å². The van der Waals surface area contributed by atoms with Crippen LogP contribution in [0.5, 0.6) is 5.75 Å². The molecule has 3 rings (SSSR count). The minimum atomic E-state index is -0.660. The Hall–Kier alpha value is -3.59. The summed E-state index contributed by atoms with van der Waals surface area (Å²) in [7, 11) is 5.48. The fourth-order valence-electron chi connectivity index (χ4n) is 3.19. The Bertz CT molecular complexity index is 1110. The zero-order chi connectivity index (χ0) is 24.0. The van der Waals surface area contributed by atoms with Gasteiger partial charge in [0, 0.05) is 26.2 Å². The lowest BCUT2D eigenvalue weighted by atomic mass is 10.2. The van der Waals surface area contributed by atoms with E-state index in [0.29, 0.717) is 17.1 Å². The largest absolute Gasteiger partial charge is 0.495 e. The molecule has 0 bridgehead atoms. The summed E-state index contributed by atoms with van der Waals surface area (Å²) >= 11 is 1.03. The van der Waals surface area contributed by atoms with Crippen molar-refractivity contribution < 1.29 is 14.3 Å². The van der Waals surface area contributed by atoms with Crippen LogP contribution >= 0.6 is 11.8 Å². The van der Waals surface area contributed by atoms with Crippen LogP contribution in [0.15, 0.2) is 64.8 Å². The van der Waals surface area contributed by atoms with Gasteiger partial charge in [-0.1, -0.05) is 42.1 Å². The number of anilines is 2. The molecule has 1 unspecified atom stereocenters. The Labute approximate surface area is 197 Å². The Morgan fingerprint density at radius 3 is 2.52 bits per heavy atom. The van der Waals surface area contributed by atoms with Crippen LogP contribution in [-0.4, -0.2) is 49.1 Å². The van der Waals surface area contributed by atoms with Crippen molar-refractivity contribution in [1.29, 1.82) is 0 Å². The molecule has 1 aliphatic rings. The monoisotopic (exact) mass is 465 g/mol. The number of hydrogen-bond acceptors (Lipinski definition) is 7. The van der Waals surface area contributed by atoms with Gasteiger partial charge in [0.25, 0.3) is 0 Å². The second-order valence-electron chi connectivity index (χ2n) is 7.55. The fraction of sp³-hybridized carbons (Fsp3) is 0.250. The van der Waals surface area contributed by atoms with Gasteiger partial charge in [0.05, 0.1) is 18.5 Å². The number of nitrogens with two attached hydrogens (primary N) is 1. The summed E-state index contributed by atoms with van der Waals surface area (Å²) in [5, 5.41) is 7.58. The van der Waals surface area contributed by atoms with Crippen LogP contribution in [0.2, 0.25) is 0 Å². The number of amidine groups is 1. The van der Waals surface area contributed by atoms with Crippen molar-refractivity contribution in [3.05, 3.63) is 60.2 Å². The molecule has 1 aliphatic heterocycles. The quantitative estimate of drug-likeness (QED) is 0.291. The summed E-state index contributed by atoms with van der Waals surface area (Å²) < 4.78 is 5.28. The molecule has 8 nitrogen and oxygen atoms in total. The Balaban J connectivity index is 1.63. The van der Waals surface area contributed by atoms with E-state index >= 15 is 0 Å². The van der Waals surface area contributed by atoms with Gasteiger partial charge >= 0.3 is 0 Å². The standard InChI is InChI=1S/C24H27N5O3S/c1-16(9-10-17-11-13-18(14-12-17)28(2)3)26-27-24(25)33-21-15-22(30)29(23(21)31)19-7-5-6-8-20(19)32-4/h5-14,21H,15H2,1-4H3,(H2,25,27). The maximum atomic E-state index is 12.9. The molecule has 2 aromatic carbocycles. The van der Waals surface area contributed by atoms with E-state index in [-0.39, 0.29) is 23.4 Å². The third-order valence-electron chi connectivity index (χ3n) is 4.93. The van der Waals surface area contributed by atoms with Crippen molar-refractivity contribution in [3.8, 4) is 5.75 Å². The topological polar surface area (TPSA) is 101 Å². The third-order valence-corrected chi connectivity index (χ3v) is 5.90. The second-order valence-corrected chi connectivity index (χ2v) is 8.77. The molecule has 2 aromatic rings. The summed E-state index contributed by atoms with van der Waals surface area (Å²) in [5.74, 6) is -0.207. The van der Waals surface area contributed by atoms with Crippen molar-refractivity contribution in [2.24, 2.45) is 15.9 Å². The molecule has 0 radical (unpaired) electrons. The van der Waals surface area contributed by atoms with Crippen LogP contribution < -0.4 is 20.3 Å². The maximum Gasteiger partial charge on any atom is 0.248 e. The first-order valence-corrected chi connectivity index (χ1v) is 11.2. The molecule has 9 heteroatoms. The van der Waals surface area contributed by atoms with Gasteiger partial charge in [0.2, 0.25) is 11.8 Å². The molecule has 2 amide bonds. The van der Waals surface area contributed by atoms with E-state index in [1.807, 2.05) is 55.4 Å². The summed E-state index contributed by atoms with van der Waals surface area (Å²) in [6.07, 6.45) is 3.80.